The molecule has 2 nitrogen and oxygen atoms in total. The van der Waals surface area contributed by atoms with Crippen LogP contribution >= 0.6 is 11.8 Å². The van der Waals surface area contributed by atoms with Crippen molar-refractivity contribution in [3.05, 3.63) is 29.3 Å². The molecule has 0 saturated carbocycles. The summed E-state index contributed by atoms with van der Waals surface area (Å²) in [6.45, 7) is 4.43. The van der Waals surface area contributed by atoms with Crippen LogP contribution in [-0.4, -0.2) is 16.5 Å². The van der Waals surface area contributed by atoms with Crippen molar-refractivity contribution in [1.82, 2.24) is 0 Å². The van der Waals surface area contributed by atoms with E-state index in [2.05, 4.69) is 37.4 Å². The lowest BCUT2D eigenvalue weighted by atomic mass is 9.90. The topological polar surface area (TPSA) is 24.4 Å². The number of fused-ring (bicyclic) bond motifs is 1. The third kappa shape index (κ3) is 2.97. The highest BCUT2D eigenvalue weighted by atomic mass is 32.2. The van der Waals surface area contributed by atoms with Crippen LogP contribution in [0.5, 0.6) is 0 Å². The quantitative estimate of drug-likeness (QED) is 0.828. The van der Waals surface area contributed by atoms with E-state index >= 15 is 0 Å². The molecule has 3 rings (SSSR count). The maximum Gasteiger partial charge on any atom is 0.161 e. The standard InChI is InChI=1S/C16H22N2S/c1-16(2)10-11-19-15(18-16)17-14-9-5-7-12-6-3-4-8-13(12)14/h5,7,9H,3-4,6,8,10-11H2,1-2H3,(H,17,18). The smallest absolute Gasteiger partial charge is 0.161 e. The maximum absolute atomic E-state index is 4.83. The lowest BCUT2D eigenvalue weighted by molar-refractivity contribution is 0.507. The average molecular weight is 274 g/mol. The minimum absolute atomic E-state index is 0.0857. The minimum atomic E-state index is 0.0857. The van der Waals surface area contributed by atoms with Crippen LogP contribution in [0.3, 0.4) is 0 Å². The number of nitrogens with one attached hydrogen (secondary N) is 1. The Morgan fingerprint density at radius 2 is 2.05 bits per heavy atom. The summed E-state index contributed by atoms with van der Waals surface area (Å²) in [5.41, 5.74) is 4.40. The zero-order valence-electron chi connectivity index (χ0n) is 11.8. The van der Waals surface area contributed by atoms with Crippen molar-refractivity contribution in [2.75, 3.05) is 11.1 Å². The average Bonchev–Trinajstić information content (AvgIpc) is 2.38. The van der Waals surface area contributed by atoms with Crippen molar-refractivity contribution < 1.29 is 0 Å². The molecule has 0 saturated heterocycles. The van der Waals surface area contributed by atoms with Crippen LogP contribution in [0.4, 0.5) is 5.69 Å². The normalized spacial score (nSPS) is 21.5. The lowest BCUT2D eigenvalue weighted by Crippen LogP contribution is -2.27. The van der Waals surface area contributed by atoms with Crippen molar-refractivity contribution in [2.45, 2.75) is 51.5 Å². The molecule has 0 atom stereocenters. The second-order valence-electron chi connectivity index (χ2n) is 6.10. The summed E-state index contributed by atoms with van der Waals surface area (Å²) < 4.78 is 0. The molecular weight excluding hydrogens is 252 g/mol. The highest BCUT2D eigenvalue weighted by Gasteiger charge is 2.23. The molecule has 1 aromatic rings. The second-order valence-corrected chi connectivity index (χ2v) is 7.19. The third-order valence-electron chi connectivity index (χ3n) is 3.99. The fourth-order valence-corrected chi connectivity index (χ4v) is 4.13. The van der Waals surface area contributed by atoms with Gasteiger partial charge in [-0.25, -0.2) is 0 Å². The molecule has 0 bridgehead atoms. The third-order valence-corrected chi connectivity index (χ3v) is 4.87. The largest absolute Gasteiger partial charge is 0.335 e. The first-order valence-electron chi connectivity index (χ1n) is 7.24. The number of aliphatic imine (C=N–C) groups is 1. The van der Waals surface area contributed by atoms with Gasteiger partial charge in [0.15, 0.2) is 5.17 Å². The van der Waals surface area contributed by atoms with E-state index in [9.17, 15) is 0 Å². The van der Waals surface area contributed by atoms with Crippen molar-refractivity contribution in [3.8, 4) is 0 Å². The number of hydrogen-bond acceptors (Lipinski definition) is 3. The first kappa shape index (κ1) is 13.0. The summed E-state index contributed by atoms with van der Waals surface area (Å²) in [5.74, 6) is 1.16. The Hall–Kier alpha value is -0.960. The first-order valence-corrected chi connectivity index (χ1v) is 8.23. The Labute approximate surface area is 120 Å². The summed E-state index contributed by atoms with van der Waals surface area (Å²) in [6.07, 6.45) is 6.25. The number of benzene rings is 1. The van der Waals surface area contributed by atoms with Crippen molar-refractivity contribution >= 4 is 22.6 Å². The number of amidine groups is 1. The molecule has 2 aliphatic rings. The summed E-state index contributed by atoms with van der Waals surface area (Å²) in [5, 5.41) is 4.67. The van der Waals surface area contributed by atoms with E-state index < -0.39 is 0 Å². The zero-order chi connectivity index (χ0) is 13.3. The first-order chi connectivity index (χ1) is 9.14. The highest BCUT2D eigenvalue weighted by molar-refractivity contribution is 8.14. The van der Waals surface area contributed by atoms with Crippen LogP contribution in [0, 0.1) is 0 Å². The van der Waals surface area contributed by atoms with E-state index in [0.717, 1.165) is 17.3 Å². The number of hydrogen-bond donors (Lipinski definition) is 1. The van der Waals surface area contributed by atoms with E-state index in [1.54, 1.807) is 0 Å². The van der Waals surface area contributed by atoms with Gasteiger partial charge in [0.05, 0.1) is 5.54 Å². The minimum Gasteiger partial charge on any atom is -0.335 e. The van der Waals surface area contributed by atoms with Crippen LogP contribution in [-0.2, 0) is 12.8 Å². The molecule has 0 unspecified atom stereocenters. The fourth-order valence-electron chi connectivity index (χ4n) is 2.84. The van der Waals surface area contributed by atoms with Gasteiger partial charge in [0.2, 0.25) is 0 Å². The van der Waals surface area contributed by atoms with E-state index in [-0.39, 0.29) is 5.54 Å². The molecule has 3 heteroatoms. The molecular formula is C16H22N2S. The molecule has 0 amide bonds. The van der Waals surface area contributed by atoms with Crippen LogP contribution in [0.2, 0.25) is 0 Å². The predicted molar refractivity (Wildman–Crippen MR) is 85.3 cm³/mol. The summed E-state index contributed by atoms with van der Waals surface area (Å²) in [6, 6.07) is 6.65. The van der Waals surface area contributed by atoms with Gasteiger partial charge >= 0.3 is 0 Å². The van der Waals surface area contributed by atoms with Crippen LogP contribution in [0.25, 0.3) is 0 Å². The zero-order valence-corrected chi connectivity index (χ0v) is 12.6. The van der Waals surface area contributed by atoms with Gasteiger partial charge in [0.1, 0.15) is 0 Å². The van der Waals surface area contributed by atoms with Gasteiger partial charge < -0.3 is 5.32 Å². The van der Waals surface area contributed by atoms with E-state index in [1.165, 1.54) is 42.5 Å². The molecule has 0 fully saturated rings. The fraction of sp³-hybridized carbons (Fsp3) is 0.562. The SMILES string of the molecule is CC1(C)CCSC(Nc2cccc3c2CCCC3)=N1. The van der Waals surface area contributed by atoms with E-state index in [4.69, 9.17) is 4.99 Å². The van der Waals surface area contributed by atoms with Gasteiger partial charge in [0.25, 0.3) is 0 Å². The molecule has 102 valence electrons. The van der Waals surface area contributed by atoms with Gasteiger partial charge in [-0.3, -0.25) is 4.99 Å². The lowest BCUT2D eigenvalue weighted by Gasteiger charge is -2.27. The number of aryl methyl sites for hydroxylation is 1. The van der Waals surface area contributed by atoms with E-state index in [1.807, 2.05) is 11.8 Å². The van der Waals surface area contributed by atoms with Gasteiger partial charge in [-0.05, 0) is 63.1 Å². The number of anilines is 1. The van der Waals surface area contributed by atoms with Crippen molar-refractivity contribution in [3.63, 3.8) is 0 Å². The Bertz CT molecular complexity index is 505. The van der Waals surface area contributed by atoms with Gasteiger partial charge in [-0.2, -0.15) is 0 Å². The Morgan fingerprint density at radius 1 is 1.21 bits per heavy atom. The van der Waals surface area contributed by atoms with Crippen LogP contribution in [0.15, 0.2) is 23.2 Å². The number of nitrogens with zero attached hydrogens (tertiary/aromatic N) is 1. The molecule has 1 N–H and O–H groups in total. The molecule has 1 aliphatic carbocycles. The van der Waals surface area contributed by atoms with Gasteiger partial charge in [-0.15, -0.1) is 0 Å². The summed E-state index contributed by atoms with van der Waals surface area (Å²) in [7, 11) is 0. The van der Waals surface area contributed by atoms with Crippen molar-refractivity contribution in [1.29, 1.82) is 0 Å². The Morgan fingerprint density at radius 3 is 2.89 bits per heavy atom. The van der Waals surface area contributed by atoms with E-state index in [0.29, 0.717) is 0 Å². The molecule has 0 aromatic heterocycles. The van der Waals surface area contributed by atoms with Crippen molar-refractivity contribution in [2.24, 2.45) is 4.99 Å². The monoisotopic (exact) mass is 274 g/mol. The molecule has 1 heterocycles. The summed E-state index contributed by atoms with van der Waals surface area (Å²) >= 11 is 1.85. The van der Waals surface area contributed by atoms with Crippen LogP contribution < -0.4 is 5.32 Å². The Kier molecular flexibility index (Phi) is 3.57. The molecule has 0 radical (unpaired) electrons. The van der Waals surface area contributed by atoms with Gasteiger partial charge in [-0.1, -0.05) is 23.9 Å². The molecule has 19 heavy (non-hydrogen) atoms. The molecule has 1 aliphatic heterocycles. The predicted octanol–water partition coefficient (Wildman–Crippen LogP) is 4.25. The highest BCUT2D eigenvalue weighted by Crippen LogP contribution is 2.31. The molecule has 1 aromatic carbocycles. The second kappa shape index (κ2) is 5.20. The van der Waals surface area contributed by atoms with Gasteiger partial charge in [0, 0.05) is 11.4 Å². The Balaban J connectivity index is 1.86. The molecule has 0 spiro atoms. The number of thioether (sulfide) groups is 1. The maximum atomic E-state index is 4.83. The number of rotatable bonds is 1. The summed E-state index contributed by atoms with van der Waals surface area (Å²) in [4.78, 5) is 4.83. The van der Waals surface area contributed by atoms with Crippen LogP contribution in [0.1, 0.15) is 44.2 Å².